The molecule has 0 saturated heterocycles. The molecule has 0 N–H and O–H groups in total. The maximum Gasteiger partial charge on any atom is 0.229 e. The van der Waals surface area contributed by atoms with Crippen molar-refractivity contribution in [3.63, 3.8) is 0 Å². The first-order valence-electron chi connectivity index (χ1n) is 6.04. The average Bonchev–Trinajstić information content (AvgIpc) is 2.81. The smallest absolute Gasteiger partial charge is 0.229 e. The Bertz CT molecular complexity index is 820. The molecule has 0 unspecified atom stereocenters. The zero-order valence-electron chi connectivity index (χ0n) is 10.6. The first-order chi connectivity index (χ1) is 9.54. The summed E-state index contributed by atoms with van der Waals surface area (Å²) in [4.78, 5) is 12.5. The van der Waals surface area contributed by atoms with E-state index in [-0.39, 0.29) is 5.78 Å². The van der Waals surface area contributed by atoms with Crippen LogP contribution in [0.3, 0.4) is 0 Å². The van der Waals surface area contributed by atoms with Crippen molar-refractivity contribution in [3.05, 3.63) is 68.8 Å². The molecule has 0 amide bonds. The third-order valence-corrected chi connectivity index (χ3v) is 3.96. The van der Waals surface area contributed by atoms with Crippen LogP contribution in [-0.2, 0) is 0 Å². The van der Waals surface area contributed by atoms with Crippen molar-refractivity contribution in [2.75, 3.05) is 0 Å². The van der Waals surface area contributed by atoms with Gasteiger partial charge in [-0.1, -0.05) is 33.6 Å². The predicted molar refractivity (Wildman–Crippen MR) is 83.5 cm³/mol. The van der Waals surface area contributed by atoms with Crippen LogP contribution in [-0.4, -0.2) is 5.78 Å². The Morgan fingerprint density at radius 3 is 2.70 bits per heavy atom. The lowest BCUT2D eigenvalue weighted by Gasteiger charge is -2.02. The van der Waals surface area contributed by atoms with Crippen LogP contribution in [0.1, 0.15) is 21.7 Å². The van der Waals surface area contributed by atoms with Crippen molar-refractivity contribution >= 4 is 44.3 Å². The van der Waals surface area contributed by atoms with Crippen LogP contribution < -0.4 is 0 Å². The first-order valence-corrected chi connectivity index (χ1v) is 7.21. The van der Waals surface area contributed by atoms with Crippen LogP contribution in [0.25, 0.3) is 11.0 Å². The Kier molecular flexibility index (Phi) is 3.40. The van der Waals surface area contributed by atoms with Gasteiger partial charge >= 0.3 is 0 Å². The van der Waals surface area contributed by atoms with Gasteiger partial charge in [0, 0.05) is 20.4 Å². The highest BCUT2D eigenvalue weighted by atomic mass is 79.9. The molecule has 0 spiro atoms. The zero-order valence-corrected chi connectivity index (χ0v) is 13.0. The van der Waals surface area contributed by atoms with Crippen molar-refractivity contribution < 1.29 is 9.21 Å². The molecule has 2 aromatic carbocycles. The third kappa shape index (κ3) is 2.39. The number of hydrogen-bond donors (Lipinski definition) is 0. The second-order valence-electron chi connectivity index (χ2n) is 4.61. The Balaban J connectivity index is 2.08. The van der Waals surface area contributed by atoms with Crippen LogP contribution in [0, 0.1) is 6.92 Å². The molecular weight excluding hydrogens is 340 g/mol. The van der Waals surface area contributed by atoms with Gasteiger partial charge in [0.2, 0.25) is 5.78 Å². The van der Waals surface area contributed by atoms with E-state index in [1.54, 1.807) is 30.3 Å². The topological polar surface area (TPSA) is 30.2 Å². The van der Waals surface area contributed by atoms with Crippen molar-refractivity contribution in [2.24, 2.45) is 0 Å². The van der Waals surface area contributed by atoms with Gasteiger partial charge in [0.25, 0.3) is 0 Å². The summed E-state index contributed by atoms with van der Waals surface area (Å²) in [5.74, 6) is 0.163. The van der Waals surface area contributed by atoms with Crippen LogP contribution in [0.2, 0.25) is 5.02 Å². The number of aryl methyl sites for hydroxylation is 1. The molecular formula is C16H10BrClO2. The molecule has 0 aliphatic rings. The van der Waals surface area contributed by atoms with E-state index in [1.807, 2.05) is 19.1 Å². The van der Waals surface area contributed by atoms with Crippen molar-refractivity contribution in [1.29, 1.82) is 0 Å². The Morgan fingerprint density at radius 2 is 1.95 bits per heavy atom. The first kappa shape index (κ1) is 13.4. The lowest BCUT2D eigenvalue weighted by atomic mass is 10.1. The minimum Gasteiger partial charge on any atom is -0.453 e. The molecule has 0 aliphatic heterocycles. The van der Waals surface area contributed by atoms with Gasteiger partial charge in [0.15, 0.2) is 5.76 Å². The Labute approximate surface area is 129 Å². The number of halogens is 2. The standard InChI is InChI=1S/C16H10BrClO2/c1-9-2-4-12(13(17)6-9)16(19)15-8-10-7-11(18)3-5-14(10)20-15/h2-8H,1H3. The number of benzene rings is 2. The molecule has 1 heterocycles. The minimum atomic E-state index is -0.149. The summed E-state index contributed by atoms with van der Waals surface area (Å²) < 4.78 is 6.36. The molecule has 0 bridgehead atoms. The molecule has 0 radical (unpaired) electrons. The Morgan fingerprint density at radius 1 is 1.15 bits per heavy atom. The SMILES string of the molecule is Cc1ccc(C(=O)c2cc3cc(Cl)ccc3o2)c(Br)c1. The summed E-state index contributed by atoms with van der Waals surface area (Å²) in [6, 6.07) is 12.6. The lowest BCUT2D eigenvalue weighted by Crippen LogP contribution is -2.00. The highest BCUT2D eigenvalue weighted by Gasteiger charge is 2.17. The number of ketones is 1. The second-order valence-corrected chi connectivity index (χ2v) is 5.90. The summed E-state index contributed by atoms with van der Waals surface area (Å²) in [5.41, 5.74) is 2.33. The predicted octanol–water partition coefficient (Wildman–Crippen LogP) is 5.39. The largest absolute Gasteiger partial charge is 0.453 e. The number of hydrogen-bond acceptors (Lipinski definition) is 2. The summed E-state index contributed by atoms with van der Waals surface area (Å²) in [6.45, 7) is 1.97. The van der Waals surface area contributed by atoms with Gasteiger partial charge in [-0.05, 0) is 48.9 Å². The van der Waals surface area contributed by atoms with Gasteiger partial charge in [0.1, 0.15) is 5.58 Å². The molecule has 4 heteroatoms. The molecule has 2 nitrogen and oxygen atoms in total. The van der Waals surface area contributed by atoms with Crippen LogP contribution in [0.15, 0.2) is 51.4 Å². The summed E-state index contributed by atoms with van der Waals surface area (Å²) in [5, 5.41) is 1.44. The maximum atomic E-state index is 12.5. The molecule has 0 atom stereocenters. The lowest BCUT2D eigenvalue weighted by molar-refractivity contribution is 0.101. The molecule has 100 valence electrons. The monoisotopic (exact) mass is 348 g/mol. The number of furan rings is 1. The van der Waals surface area contributed by atoms with Gasteiger partial charge in [-0.15, -0.1) is 0 Å². The van der Waals surface area contributed by atoms with E-state index >= 15 is 0 Å². The number of carbonyl (C=O) groups excluding carboxylic acids is 1. The van der Waals surface area contributed by atoms with Crippen molar-refractivity contribution in [2.45, 2.75) is 6.92 Å². The molecule has 3 aromatic rings. The average molecular weight is 350 g/mol. The highest BCUT2D eigenvalue weighted by molar-refractivity contribution is 9.10. The molecule has 0 fully saturated rings. The fourth-order valence-corrected chi connectivity index (χ4v) is 2.92. The number of carbonyl (C=O) groups is 1. The minimum absolute atomic E-state index is 0.149. The van der Waals surface area contributed by atoms with E-state index < -0.39 is 0 Å². The van der Waals surface area contributed by atoms with E-state index in [9.17, 15) is 4.79 Å². The van der Waals surface area contributed by atoms with Gasteiger partial charge in [-0.3, -0.25) is 4.79 Å². The fourth-order valence-electron chi connectivity index (χ4n) is 2.06. The van der Waals surface area contributed by atoms with Crippen LogP contribution >= 0.6 is 27.5 Å². The zero-order chi connectivity index (χ0) is 14.3. The molecule has 3 rings (SSSR count). The molecule has 20 heavy (non-hydrogen) atoms. The van der Waals surface area contributed by atoms with Gasteiger partial charge in [-0.2, -0.15) is 0 Å². The number of fused-ring (bicyclic) bond motifs is 1. The normalized spacial score (nSPS) is 10.9. The van der Waals surface area contributed by atoms with Crippen molar-refractivity contribution in [1.82, 2.24) is 0 Å². The highest BCUT2D eigenvalue weighted by Crippen LogP contribution is 2.27. The van der Waals surface area contributed by atoms with Crippen molar-refractivity contribution in [3.8, 4) is 0 Å². The summed E-state index contributed by atoms with van der Waals surface area (Å²) in [7, 11) is 0. The van der Waals surface area contributed by atoms with Crippen LogP contribution in [0.4, 0.5) is 0 Å². The van der Waals surface area contributed by atoms with E-state index in [0.29, 0.717) is 21.9 Å². The van der Waals surface area contributed by atoms with E-state index in [2.05, 4.69) is 15.9 Å². The summed E-state index contributed by atoms with van der Waals surface area (Å²) in [6.07, 6.45) is 0. The van der Waals surface area contributed by atoms with Crippen LogP contribution in [0.5, 0.6) is 0 Å². The fraction of sp³-hybridized carbons (Fsp3) is 0.0625. The Hall–Kier alpha value is -1.58. The quantitative estimate of drug-likeness (QED) is 0.581. The van der Waals surface area contributed by atoms with E-state index in [0.717, 1.165) is 15.4 Å². The molecule has 1 aromatic heterocycles. The van der Waals surface area contributed by atoms with E-state index in [1.165, 1.54) is 0 Å². The second kappa shape index (κ2) is 5.08. The van der Waals surface area contributed by atoms with E-state index in [4.69, 9.17) is 16.0 Å². The molecule has 0 aliphatic carbocycles. The molecule has 0 saturated carbocycles. The summed E-state index contributed by atoms with van der Waals surface area (Å²) >= 11 is 9.35. The third-order valence-electron chi connectivity index (χ3n) is 3.07. The van der Waals surface area contributed by atoms with Gasteiger partial charge in [0.05, 0.1) is 0 Å². The maximum absolute atomic E-state index is 12.5. The van der Waals surface area contributed by atoms with Gasteiger partial charge < -0.3 is 4.42 Å². The number of rotatable bonds is 2. The van der Waals surface area contributed by atoms with Gasteiger partial charge in [-0.25, -0.2) is 0 Å².